The number of hydrogen-bond donors (Lipinski definition) is 2. The summed E-state index contributed by atoms with van der Waals surface area (Å²) < 4.78 is 0. The van der Waals surface area contributed by atoms with Crippen molar-refractivity contribution in [2.45, 2.75) is 31.7 Å². The molecule has 0 saturated heterocycles. The Morgan fingerprint density at radius 2 is 1.63 bits per heavy atom. The van der Waals surface area contributed by atoms with E-state index in [1.165, 1.54) is 31.2 Å². The highest BCUT2D eigenvalue weighted by Gasteiger charge is 2.23. The van der Waals surface area contributed by atoms with Crippen LogP contribution in [0.15, 0.2) is 36.4 Å². The maximum Gasteiger partial charge on any atom is 0.116 e. The molecule has 1 saturated carbocycles. The second-order valence-corrected chi connectivity index (χ2v) is 5.36. The number of hydrogen-bond acceptors (Lipinski definition) is 2. The number of halogens is 1. The highest BCUT2D eigenvalue weighted by atomic mass is 35.5. The zero-order valence-corrected chi connectivity index (χ0v) is 11.7. The van der Waals surface area contributed by atoms with Gasteiger partial charge >= 0.3 is 0 Å². The normalized spacial score (nSPS) is 17.3. The van der Waals surface area contributed by atoms with Crippen LogP contribution in [0.2, 0.25) is 0 Å². The molecule has 0 amide bonds. The lowest BCUT2D eigenvalue weighted by Crippen LogP contribution is -2.18. The summed E-state index contributed by atoms with van der Waals surface area (Å²) in [7, 11) is 0. The molecule has 1 atom stereocenters. The zero-order chi connectivity index (χ0) is 12.5. The molecule has 1 aliphatic carbocycles. The second-order valence-electron chi connectivity index (χ2n) is 5.36. The molecule has 2 nitrogen and oxygen atoms in total. The van der Waals surface area contributed by atoms with E-state index in [0.717, 1.165) is 10.8 Å². The van der Waals surface area contributed by atoms with Gasteiger partial charge in [0.1, 0.15) is 5.75 Å². The van der Waals surface area contributed by atoms with E-state index in [-0.39, 0.29) is 18.4 Å². The standard InChI is InChI=1S/C16H19NO.ClH/c17-16(11-3-1-2-4-11)14-6-5-13-10-15(18)8-7-12(13)9-14;/h5-11,16,18H,1-4,17H2;1H/t16-;/m1./s1. The molecule has 0 spiro atoms. The monoisotopic (exact) mass is 277 g/mol. The quantitative estimate of drug-likeness (QED) is 0.866. The zero-order valence-electron chi connectivity index (χ0n) is 10.9. The average Bonchev–Trinajstić information content (AvgIpc) is 2.91. The second kappa shape index (κ2) is 5.81. The first-order valence-corrected chi connectivity index (χ1v) is 6.72. The Bertz CT molecular complexity index is 564. The topological polar surface area (TPSA) is 46.2 Å². The molecule has 19 heavy (non-hydrogen) atoms. The van der Waals surface area contributed by atoms with E-state index in [1.54, 1.807) is 12.1 Å². The minimum absolute atomic E-state index is 0. The fourth-order valence-electron chi connectivity index (χ4n) is 3.05. The Balaban J connectivity index is 0.00000133. The van der Waals surface area contributed by atoms with Gasteiger partial charge in [-0.15, -0.1) is 12.4 Å². The van der Waals surface area contributed by atoms with Gasteiger partial charge in [0.05, 0.1) is 0 Å². The molecule has 1 fully saturated rings. The molecule has 0 bridgehead atoms. The van der Waals surface area contributed by atoms with E-state index in [9.17, 15) is 5.11 Å². The Morgan fingerprint density at radius 1 is 1.00 bits per heavy atom. The average molecular weight is 278 g/mol. The maximum atomic E-state index is 9.46. The summed E-state index contributed by atoms with van der Waals surface area (Å²) in [6.45, 7) is 0. The van der Waals surface area contributed by atoms with Crippen molar-refractivity contribution < 1.29 is 5.11 Å². The van der Waals surface area contributed by atoms with Crippen LogP contribution in [0.5, 0.6) is 5.75 Å². The molecule has 3 heteroatoms. The fraction of sp³-hybridized carbons (Fsp3) is 0.375. The van der Waals surface area contributed by atoms with Crippen molar-refractivity contribution in [1.82, 2.24) is 0 Å². The van der Waals surface area contributed by atoms with Gasteiger partial charge in [0.15, 0.2) is 0 Å². The van der Waals surface area contributed by atoms with Gasteiger partial charge in [-0.25, -0.2) is 0 Å². The molecule has 0 aliphatic heterocycles. The van der Waals surface area contributed by atoms with E-state index in [2.05, 4.69) is 18.2 Å². The number of nitrogens with two attached hydrogens (primary N) is 1. The first kappa shape index (κ1) is 14.2. The highest BCUT2D eigenvalue weighted by Crippen LogP contribution is 2.35. The van der Waals surface area contributed by atoms with E-state index in [0.29, 0.717) is 11.7 Å². The van der Waals surface area contributed by atoms with Crippen LogP contribution in [0.3, 0.4) is 0 Å². The highest BCUT2D eigenvalue weighted by molar-refractivity contribution is 5.85. The third-order valence-electron chi connectivity index (χ3n) is 4.14. The number of fused-ring (bicyclic) bond motifs is 1. The molecule has 0 heterocycles. The van der Waals surface area contributed by atoms with Crippen molar-refractivity contribution >= 4 is 23.2 Å². The van der Waals surface area contributed by atoms with Crippen molar-refractivity contribution in [3.05, 3.63) is 42.0 Å². The molecule has 0 radical (unpaired) electrons. The van der Waals surface area contributed by atoms with Gasteiger partial charge < -0.3 is 10.8 Å². The Hall–Kier alpha value is -1.25. The van der Waals surface area contributed by atoms with Crippen LogP contribution in [-0.2, 0) is 0 Å². The van der Waals surface area contributed by atoms with Gasteiger partial charge in [-0.1, -0.05) is 31.0 Å². The first-order chi connectivity index (χ1) is 8.74. The summed E-state index contributed by atoms with van der Waals surface area (Å²) in [5.74, 6) is 0.954. The Morgan fingerprint density at radius 3 is 2.37 bits per heavy atom. The van der Waals surface area contributed by atoms with Crippen molar-refractivity contribution in [3.63, 3.8) is 0 Å². The number of phenols is 1. The molecule has 102 valence electrons. The fourth-order valence-corrected chi connectivity index (χ4v) is 3.05. The summed E-state index contributed by atoms with van der Waals surface area (Å²) in [5, 5.41) is 11.7. The molecule has 3 N–H and O–H groups in total. The van der Waals surface area contributed by atoms with Crippen LogP contribution in [0, 0.1) is 5.92 Å². The van der Waals surface area contributed by atoms with Gasteiger partial charge in [-0.3, -0.25) is 0 Å². The van der Waals surface area contributed by atoms with Crippen molar-refractivity contribution in [3.8, 4) is 5.75 Å². The third-order valence-corrected chi connectivity index (χ3v) is 4.14. The van der Waals surface area contributed by atoms with Gasteiger partial charge in [0.25, 0.3) is 0 Å². The van der Waals surface area contributed by atoms with E-state index >= 15 is 0 Å². The summed E-state index contributed by atoms with van der Waals surface area (Å²) in [6, 6.07) is 12.0. The van der Waals surface area contributed by atoms with Crippen LogP contribution in [0.25, 0.3) is 10.8 Å². The van der Waals surface area contributed by atoms with Crippen LogP contribution < -0.4 is 5.73 Å². The summed E-state index contributed by atoms with van der Waals surface area (Å²) in [4.78, 5) is 0. The van der Waals surface area contributed by atoms with E-state index in [1.807, 2.05) is 6.07 Å². The predicted molar refractivity (Wildman–Crippen MR) is 81.7 cm³/mol. The van der Waals surface area contributed by atoms with Gasteiger partial charge in [-0.2, -0.15) is 0 Å². The van der Waals surface area contributed by atoms with Crippen LogP contribution in [0.4, 0.5) is 0 Å². The lowest BCUT2D eigenvalue weighted by atomic mass is 9.91. The maximum absolute atomic E-state index is 9.46. The van der Waals surface area contributed by atoms with Crippen molar-refractivity contribution in [2.24, 2.45) is 11.7 Å². The molecule has 0 aromatic heterocycles. The van der Waals surface area contributed by atoms with E-state index in [4.69, 9.17) is 5.73 Å². The van der Waals surface area contributed by atoms with Gasteiger partial charge in [-0.05, 0) is 53.3 Å². The minimum atomic E-state index is 0. The molecule has 2 aromatic rings. The molecule has 0 unspecified atom stereocenters. The van der Waals surface area contributed by atoms with Crippen molar-refractivity contribution in [1.29, 1.82) is 0 Å². The summed E-state index contributed by atoms with van der Waals surface area (Å²) >= 11 is 0. The molecule has 2 aromatic carbocycles. The molecular formula is C16H20ClNO. The number of aromatic hydroxyl groups is 1. The number of rotatable bonds is 2. The lowest BCUT2D eigenvalue weighted by Gasteiger charge is -2.19. The minimum Gasteiger partial charge on any atom is -0.508 e. The number of phenolic OH excluding ortho intramolecular Hbond substituents is 1. The number of benzene rings is 2. The summed E-state index contributed by atoms with van der Waals surface area (Å²) in [6.07, 6.45) is 5.16. The van der Waals surface area contributed by atoms with Crippen LogP contribution in [-0.4, -0.2) is 5.11 Å². The molecular weight excluding hydrogens is 258 g/mol. The van der Waals surface area contributed by atoms with Crippen LogP contribution >= 0.6 is 12.4 Å². The summed E-state index contributed by atoms with van der Waals surface area (Å²) in [5.41, 5.74) is 7.59. The third kappa shape index (κ3) is 2.85. The SMILES string of the molecule is Cl.N[C@@H](c1ccc2cc(O)ccc2c1)C1CCCC1. The molecule has 1 aliphatic rings. The predicted octanol–water partition coefficient (Wildman–Crippen LogP) is 4.16. The van der Waals surface area contributed by atoms with Gasteiger partial charge in [0, 0.05) is 6.04 Å². The Labute approximate surface area is 120 Å². The largest absolute Gasteiger partial charge is 0.508 e. The smallest absolute Gasteiger partial charge is 0.116 e. The van der Waals surface area contributed by atoms with Crippen molar-refractivity contribution in [2.75, 3.05) is 0 Å². The van der Waals surface area contributed by atoms with E-state index < -0.39 is 0 Å². The Kier molecular flexibility index (Phi) is 4.33. The first-order valence-electron chi connectivity index (χ1n) is 6.72. The van der Waals surface area contributed by atoms with Crippen LogP contribution in [0.1, 0.15) is 37.3 Å². The van der Waals surface area contributed by atoms with Gasteiger partial charge in [0.2, 0.25) is 0 Å². The lowest BCUT2D eigenvalue weighted by molar-refractivity contribution is 0.445. The molecule has 3 rings (SSSR count).